The lowest BCUT2D eigenvalue weighted by atomic mass is 10.1. The van der Waals surface area contributed by atoms with Gasteiger partial charge < -0.3 is 15.4 Å². The first-order chi connectivity index (χ1) is 8.63. The highest BCUT2D eigenvalue weighted by molar-refractivity contribution is 5.48. The molecule has 1 unspecified atom stereocenters. The smallest absolute Gasteiger partial charge is 0.196 e. The van der Waals surface area contributed by atoms with Crippen LogP contribution in [0.4, 0.5) is 18.9 Å². The van der Waals surface area contributed by atoms with Gasteiger partial charge in [0.05, 0.1) is 18.4 Å². The number of rotatable bonds is 3. The normalized spacial score (nSPS) is 20.2. The van der Waals surface area contributed by atoms with E-state index in [9.17, 15) is 13.2 Å². The minimum atomic E-state index is -1.44. The summed E-state index contributed by atoms with van der Waals surface area (Å²) in [5.74, 6) is -3.76. The Hall–Kier alpha value is -1.27. The summed E-state index contributed by atoms with van der Waals surface area (Å²) < 4.78 is 45.1. The average Bonchev–Trinajstić information content (AvgIpc) is 2.37. The van der Waals surface area contributed by atoms with Crippen molar-refractivity contribution in [1.29, 1.82) is 0 Å². The van der Waals surface area contributed by atoms with Crippen molar-refractivity contribution in [2.45, 2.75) is 12.5 Å². The van der Waals surface area contributed by atoms with E-state index in [4.69, 9.17) is 10.5 Å². The highest BCUT2D eigenvalue weighted by atomic mass is 19.2. The third-order valence-corrected chi connectivity index (χ3v) is 2.98. The first-order valence-corrected chi connectivity index (χ1v) is 5.83. The van der Waals surface area contributed by atoms with Crippen LogP contribution < -0.4 is 10.6 Å². The SMILES string of the molecule is NCCC1CN(c2ccc(F)c(F)c2F)CCO1. The van der Waals surface area contributed by atoms with Crippen molar-refractivity contribution in [3.8, 4) is 0 Å². The molecule has 3 nitrogen and oxygen atoms in total. The third-order valence-electron chi connectivity index (χ3n) is 2.98. The van der Waals surface area contributed by atoms with Gasteiger partial charge in [-0.25, -0.2) is 13.2 Å². The summed E-state index contributed by atoms with van der Waals surface area (Å²) in [6.45, 7) is 1.77. The maximum Gasteiger partial charge on any atom is 0.196 e. The number of anilines is 1. The lowest BCUT2D eigenvalue weighted by Crippen LogP contribution is -2.43. The molecule has 18 heavy (non-hydrogen) atoms. The molecular weight excluding hydrogens is 245 g/mol. The minimum Gasteiger partial charge on any atom is -0.374 e. The molecule has 1 aliphatic heterocycles. The van der Waals surface area contributed by atoms with Crippen LogP contribution in [0.25, 0.3) is 0 Å². The first kappa shape index (κ1) is 13.2. The van der Waals surface area contributed by atoms with Gasteiger partial charge in [-0.05, 0) is 25.1 Å². The molecule has 1 aromatic carbocycles. The molecule has 100 valence electrons. The van der Waals surface area contributed by atoms with Crippen molar-refractivity contribution in [2.75, 3.05) is 31.1 Å². The van der Waals surface area contributed by atoms with E-state index in [0.717, 1.165) is 6.07 Å². The van der Waals surface area contributed by atoms with Crippen LogP contribution in [0, 0.1) is 17.5 Å². The number of nitrogens with zero attached hydrogens (tertiary/aromatic N) is 1. The molecule has 0 amide bonds. The lowest BCUT2D eigenvalue weighted by molar-refractivity contribution is 0.0366. The van der Waals surface area contributed by atoms with E-state index in [1.165, 1.54) is 6.07 Å². The van der Waals surface area contributed by atoms with Crippen LogP contribution in [-0.4, -0.2) is 32.3 Å². The van der Waals surface area contributed by atoms with E-state index in [1.54, 1.807) is 4.90 Å². The number of nitrogens with two attached hydrogens (primary N) is 1. The first-order valence-electron chi connectivity index (χ1n) is 5.83. The molecule has 2 rings (SSSR count). The standard InChI is InChI=1S/C12H15F3N2O/c13-9-1-2-10(12(15)11(9)14)17-5-6-18-8(7-17)3-4-16/h1-2,8H,3-7,16H2. The van der Waals surface area contributed by atoms with Crippen molar-refractivity contribution >= 4 is 5.69 Å². The van der Waals surface area contributed by atoms with Gasteiger partial charge in [-0.2, -0.15) is 0 Å². The Balaban J connectivity index is 2.18. The van der Waals surface area contributed by atoms with E-state index in [0.29, 0.717) is 32.7 Å². The van der Waals surface area contributed by atoms with Crippen molar-refractivity contribution in [3.05, 3.63) is 29.6 Å². The average molecular weight is 260 g/mol. The summed E-state index contributed by atoms with van der Waals surface area (Å²) in [5.41, 5.74) is 5.50. The van der Waals surface area contributed by atoms with E-state index >= 15 is 0 Å². The summed E-state index contributed by atoms with van der Waals surface area (Å²) in [5, 5.41) is 0. The topological polar surface area (TPSA) is 38.5 Å². The highest BCUT2D eigenvalue weighted by Crippen LogP contribution is 2.25. The second-order valence-corrected chi connectivity index (χ2v) is 4.21. The minimum absolute atomic E-state index is 0.0687. The van der Waals surface area contributed by atoms with Crippen molar-refractivity contribution in [2.24, 2.45) is 5.73 Å². The number of ether oxygens (including phenoxy) is 1. The molecule has 1 fully saturated rings. The molecule has 0 saturated carbocycles. The molecule has 6 heteroatoms. The molecule has 0 aliphatic carbocycles. The van der Waals surface area contributed by atoms with Crippen LogP contribution in [0.15, 0.2) is 12.1 Å². The summed E-state index contributed by atoms with van der Waals surface area (Å²) in [4.78, 5) is 1.65. The summed E-state index contributed by atoms with van der Waals surface area (Å²) >= 11 is 0. The van der Waals surface area contributed by atoms with Gasteiger partial charge in [-0.3, -0.25) is 0 Å². The Bertz CT molecular complexity index is 426. The van der Waals surface area contributed by atoms with Gasteiger partial charge in [0.2, 0.25) is 0 Å². The quantitative estimate of drug-likeness (QED) is 0.840. The molecule has 1 saturated heterocycles. The molecule has 0 bridgehead atoms. The maximum absolute atomic E-state index is 13.6. The van der Waals surface area contributed by atoms with Crippen molar-refractivity contribution in [1.82, 2.24) is 0 Å². The van der Waals surface area contributed by atoms with Gasteiger partial charge in [0, 0.05) is 13.1 Å². The van der Waals surface area contributed by atoms with Gasteiger partial charge >= 0.3 is 0 Å². The molecule has 1 atom stereocenters. The summed E-state index contributed by atoms with van der Waals surface area (Å²) in [7, 11) is 0. The Labute approximate surface area is 103 Å². The van der Waals surface area contributed by atoms with Crippen molar-refractivity contribution in [3.63, 3.8) is 0 Å². The van der Waals surface area contributed by atoms with Gasteiger partial charge in [-0.1, -0.05) is 0 Å². The van der Waals surface area contributed by atoms with Gasteiger partial charge in [-0.15, -0.1) is 0 Å². The van der Waals surface area contributed by atoms with Crippen LogP contribution in [-0.2, 0) is 4.74 Å². The van der Waals surface area contributed by atoms with E-state index in [-0.39, 0.29) is 11.8 Å². The zero-order valence-electron chi connectivity index (χ0n) is 9.83. The highest BCUT2D eigenvalue weighted by Gasteiger charge is 2.24. The molecule has 2 N–H and O–H groups in total. The second kappa shape index (κ2) is 5.58. The third kappa shape index (κ3) is 2.59. The zero-order valence-corrected chi connectivity index (χ0v) is 9.83. The number of benzene rings is 1. The fourth-order valence-electron chi connectivity index (χ4n) is 2.06. The van der Waals surface area contributed by atoms with E-state index in [1.807, 2.05) is 0 Å². The van der Waals surface area contributed by atoms with Crippen LogP contribution in [0.1, 0.15) is 6.42 Å². The molecule has 1 aliphatic rings. The molecule has 0 spiro atoms. The molecule has 0 radical (unpaired) electrons. The predicted molar refractivity (Wildman–Crippen MR) is 61.9 cm³/mol. The molecule has 1 heterocycles. The maximum atomic E-state index is 13.6. The monoisotopic (exact) mass is 260 g/mol. The molecular formula is C12H15F3N2O. The number of halogens is 3. The second-order valence-electron chi connectivity index (χ2n) is 4.21. The lowest BCUT2D eigenvalue weighted by Gasteiger charge is -2.34. The zero-order chi connectivity index (χ0) is 13.1. The molecule has 0 aromatic heterocycles. The Morgan fingerprint density at radius 2 is 2.06 bits per heavy atom. The van der Waals surface area contributed by atoms with Crippen LogP contribution in [0.3, 0.4) is 0 Å². The van der Waals surface area contributed by atoms with Crippen LogP contribution in [0.2, 0.25) is 0 Å². The fourth-order valence-corrected chi connectivity index (χ4v) is 2.06. The Morgan fingerprint density at radius 3 is 2.78 bits per heavy atom. The number of hydrogen-bond acceptors (Lipinski definition) is 3. The van der Waals surface area contributed by atoms with Gasteiger partial charge in [0.1, 0.15) is 0 Å². The number of hydrogen-bond donors (Lipinski definition) is 1. The summed E-state index contributed by atoms with van der Waals surface area (Å²) in [6, 6.07) is 2.18. The van der Waals surface area contributed by atoms with E-state index < -0.39 is 17.5 Å². The van der Waals surface area contributed by atoms with Gasteiger partial charge in [0.25, 0.3) is 0 Å². The molecule has 1 aromatic rings. The van der Waals surface area contributed by atoms with Crippen LogP contribution >= 0.6 is 0 Å². The fraction of sp³-hybridized carbons (Fsp3) is 0.500. The largest absolute Gasteiger partial charge is 0.374 e. The number of morpholine rings is 1. The van der Waals surface area contributed by atoms with E-state index in [2.05, 4.69) is 0 Å². The summed E-state index contributed by atoms with van der Waals surface area (Å²) in [6.07, 6.45) is 0.554. The predicted octanol–water partition coefficient (Wildman–Crippen LogP) is 1.66. The Morgan fingerprint density at radius 1 is 1.28 bits per heavy atom. The van der Waals surface area contributed by atoms with Crippen molar-refractivity contribution < 1.29 is 17.9 Å². The van der Waals surface area contributed by atoms with Gasteiger partial charge in [0.15, 0.2) is 17.5 Å². The van der Waals surface area contributed by atoms with Crippen LogP contribution in [0.5, 0.6) is 0 Å². The Kier molecular flexibility index (Phi) is 4.08.